The minimum absolute atomic E-state index is 0.0776. The molecule has 0 bridgehead atoms. The summed E-state index contributed by atoms with van der Waals surface area (Å²) in [4.78, 5) is 26.7. The Balaban J connectivity index is 1.60. The van der Waals surface area contributed by atoms with Gasteiger partial charge in [-0.2, -0.15) is 0 Å². The van der Waals surface area contributed by atoms with Gasteiger partial charge < -0.3 is 15.4 Å². The molecule has 1 saturated carbocycles. The molecule has 1 aromatic rings. The molecule has 1 saturated heterocycles. The minimum atomic E-state index is -0.526. The number of carbonyl (C=O) groups is 2. The lowest BCUT2D eigenvalue weighted by molar-refractivity contribution is -0.140. The Bertz CT molecular complexity index is 627. The number of aryl methyl sites for hydroxylation is 1. The van der Waals surface area contributed by atoms with E-state index in [0.29, 0.717) is 23.2 Å². The van der Waals surface area contributed by atoms with Gasteiger partial charge >= 0.3 is 5.97 Å². The number of esters is 1. The minimum Gasteiger partial charge on any atom is -0.452 e. The summed E-state index contributed by atoms with van der Waals surface area (Å²) in [6, 6.07) is 5.57. The molecule has 3 rings (SSSR count). The van der Waals surface area contributed by atoms with Crippen molar-refractivity contribution in [2.45, 2.75) is 51.5 Å². The normalized spacial score (nSPS) is 23.5. The van der Waals surface area contributed by atoms with E-state index in [2.05, 4.69) is 0 Å². The number of carbonyl (C=O) groups excluding carboxylic acids is 2. The lowest BCUT2D eigenvalue weighted by Gasteiger charge is -2.44. The van der Waals surface area contributed by atoms with Crippen LogP contribution in [0.3, 0.4) is 0 Å². The summed E-state index contributed by atoms with van der Waals surface area (Å²) in [6.07, 6.45) is 7.01. The molecule has 0 radical (unpaired) electrons. The molecule has 5 nitrogen and oxygen atoms in total. The molecule has 130 valence electrons. The number of hydrogen-bond acceptors (Lipinski definition) is 4. The number of fused-ring (bicyclic) bond motifs is 1. The van der Waals surface area contributed by atoms with E-state index in [9.17, 15) is 9.59 Å². The highest BCUT2D eigenvalue weighted by molar-refractivity contribution is 5.96. The molecular weight excluding hydrogens is 304 g/mol. The van der Waals surface area contributed by atoms with Crippen molar-refractivity contribution in [1.29, 1.82) is 0 Å². The quantitative estimate of drug-likeness (QED) is 0.683. The van der Waals surface area contributed by atoms with E-state index in [0.717, 1.165) is 24.9 Å². The molecule has 24 heavy (non-hydrogen) atoms. The van der Waals surface area contributed by atoms with Crippen molar-refractivity contribution >= 4 is 17.6 Å². The number of piperidine rings is 1. The van der Waals surface area contributed by atoms with Crippen LogP contribution in [-0.2, 0) is 9.53 Å². The molecule has 1 amide bonds. The standard InChI is InChI=1S/C19H26N2O3/c1-13-6-4-9-15(18(13)20)19(23)24-12-17(22)21-11-5-8-14-7-2-3-10-16(14)21/h4,6,9,14,16H,2-3,5,7-8,10-12,20H2,1H3/t14-,16+/m1/s1. The number of ether oxygens (including phenoxy) is 1. The van der Waals surface area contributed by atoms with Crippen LogP contribution < -0.4 is 5.73 Å². The Kier molecular flexibility index (Phi) is 5.07. The number of benzene rings is 1. The monoisotopic (exact) mass is 330 g/mol. The number of para-hydroxylation sites is 1. The molecule has 1 aromatic carbocycles. The van der Waals surface area contributed by atoms with Crippen molar-refractivity contribution in [3.05, 3.63) is 29.3 Å². The molecule has 0 unspecified atom stereocenters. The van der Waals surface area contributed by atoms with E-state index in [1.807, 2.05) is 17.9 Å². The highest BCUT2D eigenvalue weighted by Crippen LogP contribution is 2.35. The van der Waals surface area contributed by atoms with Crippen molar-refractivity contribution < 1.29 is 14.3 Å². The van der Waals surface area contributed by atoms with Gasteiger partial charge in [0.15, 0.2) is 6.61 Å². The molecule has 1 aliphatic carbocycles. The van der Waals surface area contributed by atoms with Crippen LogP contribution in [0.2, 0.25) is 0 Å². The number of rotatable bonds is 3. The number of anilines is 1. The number of likely N-dealkylation sites (tertiary alicyclic amines) is 1. The third kappa shape index (κ3) is 3.40. The summed E-state index contributed by atoms with van der Waals surface area (Å²) in [6.45, 7) is 2.42. The maximum Gasteiger partial charge on any atom is 0.340 e. The summed E-state index contributed by atoms with van der Waals surface area (Å²) >= 11 is 0. The largest absolute Gasteiger partial charge is 0.452 e. The molecule has 1 aliphatic heterocycles. The number of amides is 1. The van der Waals surface area contributed by atoms with Gasteiger partial charge in [0, 0.05) is 18.3 Å². The highest BCUT2D eigenvalue weighted by atomic mass is 16.5. The molecule has 2 atom stereocenters. The lowest BCUT2D eigenvalue weighted by atomic mass is 9.78. The first-order valence-electron chi connectivity index (χ1n) is 8.89. The summed E-state index contributed by atoms with van der Waals surface area (Å²) in [7, 11) is 0. The number of nitrogens with zero attached hydrogens (tertiary/aromatic N) is 1. The van der Waals surface area contributed by atoms with Gasteiger partial charge in [0.2, 0.25) is 0 Å². The van der Waals surface area contributed by atoms with Gasteiger partial charge in [-0.25, -0.2) is 4.79 Å². The molecule has 2 fully saturated rings. The summed E-state index contributed by atoms with van der Waals surface area (Å²) in [5.41, 5.74) is 7.50. The van der Waals surface area contributed by atoms with Crippen LogP contribution in [0.4, 0.5) is 5.69 Å². The maximum absolute atomic E-state index is 12.6. The maximum atomic E-state index is 12.6. The molecule has 0 spiro atoms. The van der Waals surface area contributed by atoms with E-state index < -0.39 is 5.97 Å². The van der Waals surface area contributed by atoms with Crippen LogP contribution in [0.1, 0.15) is 54.4 Å². The van der Waals surface area contributed by atoms with Crippen molar-refractivity contribution in [2.24, 2.45) is 5.92 Å². The zero-order chi connectivity index (χ0) is 17.1. The summed E-state index contributed by atoms with van der Waals surface area (Å²) in [5, 5.41) is 0. The van der Waals surface area contributed by atoms with Gasteiger partial charge in [0.1, 0.15) is 0 Å². The Morgan fingerprint density at radius 2 is 1.96 bits per heavy atom. The van der Waals surface area contributed by atoms with Gasteiger partial charge in [0.25, 0.3) is 5.91 Å². The van der Waals surface area contributed by atoms with E-state index in [4.69, 9.17) is 10.5 Å². The summed E-state index contributed by atoms with van der Waals surface area (Å²) in [5.74, 6) is 0.0208. The SMILES string of the molecule is Cc1cccc(C(=O)OCC(=O)N2CCC[C@H]3CCCC[C@@H]32)c1N. The molecule has 0 aromatic heterocycles. The zero-order valence-electron chi connectivity index (χ0n) is 14.3. The average molecular weight is 330 g/mol. The van der Waals surface area contributed by atoms with Crippen molar-refractivity contribution in [2.75, 3.05) is 18.9 Å². The van der Waals surface area contributed by atoms with Crippen molar-refractivity contribution in [3.8, 4) is 0 Å². The van der Waals surface area contributed by atoms with Gasteiger partial charge in [-0.05, 0) is 50.2 Å². The molecule has 5 heteroatoms. The van der Waals surface area contributed by atoms with Crippen LogP contribution in [0.15, 0.2) is 18.2 Å². The fourth-order valence-electron chi connectivity index (χ4n) is 4.08. The first-order chi connectivity index (χ1) is 11.6. The predicted octanol–water partition coefficient (Wildman–Crippen LogP) is 2.92. The predicted molar refractivity (Wildman–Crippen MR) is 92.6 cm³/mol. The van der Waals surface area contributed by atoms with Crippen LogP contribution in [0, 0.1) is 12.8 Å². The second-order valence-electron chi connectivity index (χ2n) is 6.95. The second-order valence-corrected chi connectivity index (χ2v) is 6.95. The van der Waals surface area contributed by atoms with E-state index >= 15 is 0 Å². The number of hydrogen-bond donors (Lipinski definition) is 1. The first-order valence-corrected chi connectivity index (χ1v) is 8.89. The van der Waals surface area contributed by atoms with Crippen LogP contribution in [0.25, 0.3) is 0 Å². The fourth-order valence-corrected chi connectivity index (χ4v) is 4.08. The Morgan fingerprint density at radius 3 is 2.79 bits per heavy atom. The summed E-state index contributed by atoms with van der Waals surface area (Å²) < 4.78 is 5.25. The topological polar surface area (TPSA) is 72.6 Å². The lowest BCUT2D eigenvalue weighted by Crippen LogP contribution is -2.50. The third-order valence-corrected chi connectivity index (χ3v) is 5.43. The Morgan fingerprint density at radius 1 is 1.21 bits per heavy atom. The van der Waals surface area contributed by atoms with E-state index in [-0.39, 0.29) is 12.5 Å². The van der Waals surface area contributed by atoms with Crippen LogP contribution >= 0.6 is 0 Å². The van der Waals surface area contributed by atoms with E-state index in [1.54, 1.807) is 12.1 Å². The second kappa shape index (κ2) is 7.24. The highest BCUT2D eigenvalue weighted by Gasteiger charge is 2.35. The molecule has 1 heterocycles. The molecule has 2 N–H and O–H groups in total. The number of nitrogens with two attached hydrogens (primary N) is 1. The zero-order valence-corrected chi connectivity index (χ0v) is 14.3. The average Bonchev–Trinajstić information content (AvgIpc) is 2.61. The smallest absolute Gasteiger partial charge is 0.340 e. The van der Waals surface area contributed by atoms with Crippen LogP contribution in [0.5, 0.6) is 0 Å². The van der Waals surface area contributed by atoms with Gasteiger partial charge in [-0.3, -0.25) is 4.79 Å². The molecular formula is C19H26N2O3. The van der Waals surface area contributed by atoms with Crippen molar-refractivity contribution in [3.63, 3.8) is 0 Å². The van der Waals surface area contributed by atoms with Gasteiger partial charge in [-0.15, -0.1) is 0 Å². The van der Waals surface area contributed by atoms with E-state index in [1.165, 1.54) is 25.7 Å². The van der Waals surface area contributed by atoms with Crippen LogP contribution in [-0.4, -0.2) is 36.0 Å². The Labute approximate surface area is 143 Å². The fraction of sp³-hybridized carbons (Fsp3) is 0.579. The number of nitrogen functional groups attached to an aromatic ring is 1. The van der Waals surface area contributed by atoms with Gasteiger partial charge in [-0.1, -0.05) is 25.0 Å². The van der Waals surface area contributed by atoms with Gasteiger partial charge in [0.05, 0.1) is 5.56 Å². The third-order valence-electron chi connectivity index (χ3n) is 5.43. The first kappa shape index (κ1) is 16.8. The molecule has 2 aliphatic rings. The Hall–Kier alpha value is -2.04. The van der Waals surface area contributed by atoms with Crippen molar-refractivity contribution in [1.82, 2.24) is 4.90 Å².